The first-order valence-corrected chi connectivity index (χ1v) is 6.22. The maximum atomic E-state index is 11.9. The number of rotatable bonds is 4. The fourth-order valence-electron chi connectivity index (χ4n) is 1.78. The molecule has 0 fully saturated rings. The number of carbonyl (C=O) groups is 1. The van der Waals surface area contributed by atoms with Gasteiger partial charge in [0, 0.05) is 6.07 Å². The first-order chi connectivity index (χ1) is 10.1. The number of carbonyl (C=O) groups excluding carboxylic acids is 1. The standard InChI is InChI=1S/C15H13N3O3/c1-11-6-2-3-7-12(11)10-16-17-15(19)13-8-4-5-9-14(13)18(20)21/h2-10H,1H3,(H,17,19). The second-order valence-corrected chi connectivity index (χ2v) is 4.33. The Morgan fingerprint density at radius 3 is 2.57 bits per heavy atom. The lowest BCUT2D eigenvalue weighted by molar-refractivity contribution is -0.385. The van der Waals surface area contributed by atoms with E-state index in [9.17, 15) is 14.9 Å². The topological polar surface area (TPSA) is 84.6 Å². The highest BCUT2D eigenvalue weighted by Gasteiger charge is 2.18. The molecule has 0 saturated carbocycles. The third-order valence-corrected chi connectivity index (χ3v) is 2.90. The van der Waals surface area contributed by atoms with Crippen LogP contribution in [0.4, 0.5) is 5.69 Å². The molecular weight excluding hydrogens is 270 g/mol. The van der Waals surface area contributed by atoms with Gasteiger partial charge in [-0.1, -0.05) is 36.4 Å². The number of nitro benzene ring substituents is 1. The number of hydrogen-bond acceptors (Lipinski definition) is 4. The van der Waals surface area contributed by atoms with E-state index in [0.717, 1.165) is 11.1 Å². The maximum absolute atomic E-state index is 11.9. The van der Waals surface area contributed by atoms with E-state index >= 15 is 0 Å². The Labute approximate surface area is 121 Å². The molecule has 21 heavy (non-hydrogen) atoms. The molecule has 0 aromatic heterocycles. The van der Waals surface area contributed by atoms with Crippen molar-refractivity contribution in [3.8, 4) is 0 Å². The van der Waals surface area contributed by atoms with E-state index < -0.39 is 10.8 Å². The summed E-state index contributed by atoms with van der Waals surface area (Å²) >= 11 is 0. The Balaban J connectivity index is 2.13. The molecule has 0 unspecified atom stereocenters. The fourth-order valence-corrected chi connectivity index (χ4v) is 1.78. The van der Waals surface area contributed by atoms with Crippen LogP contribution >= 0.6 is 0 Å². The molecule has 0 aliphatic heterocycles. The average molecular weight is 283 g/mol. The minimum Gasteiger partial charge on any atom is -0.267 e. The molecule has 2 aromatic rings. The number of nitrogens with zero attached hydrogens (tertiary/aromatic N) is 2. The van der Waals surface area contributed by atoms with Crippen molar-refractivity contribution < 1.29 is 9.72 Å². The molecule has 0 spiro atoms. The minimum atomic E-state index is -0.618. The summed E-state index contributed by atoms with van der Waals surface area (Å²) in [6.45, 7) is 1.92. The average Bonchev–Trinajstić information content (AvgIpc) is 2.49. The number of hydrazone groups is 1. The molecule has 2 rings (SSSR count). The minimum absolute atomic E-state index is 0.0237. The summed E-state index contributed by atoms with van der Waals surface area (Å²) in [6, 6.07) is 13.3. The van der Waals surface area contributed by atoms with Crippen molar-refractivity contribution in [2.24, 2.45) is 5.10 Å². The summed E-state index contributed by atoms with van der Waals surface area (Å²) in [7, 11) is 0. The van der Waals surface area contributed by atoms with Gasteiger partial charge in [-0.25, -0.2) is 5.43 Å². The van der Waals surface area contributed by atoms with E-state index in [0.29, 0.717) is 0 Å². The van der Waals surface area contributed by atoms with Crippen LogP contribution in [0.25, 0.3) is 0 Å². The molecule has 1 N–H and O–H groups in total. The van der Waals surface area contributed by atoms with Crippen LogP contribution in [0.5, 0.6) is 0 Å². The van der Waals surface area contributed by atoms with Crippen LogP contribution in [0.3, 0.4) is 0 Å². The highest BCUT2D eigenvalue weighted by Crippen LogP contribution is 2.17. The second-order valence-electron chi connectivity index (χ2n) is 4.33. The van der Waals surface area contributed by atoms with Gasteiger partial charge in [0.1, 0.15) is 5.56 Å². The Morgan fingerprint density at radius 2 is 1.86 bits per heavy atom. The lowest BCUT2D eigenvalue weighted by Gasteiger charge is -2.01. The molecule has 6 nitrogen and oxygen atoms in total. The number of aryl methyl sites for hydroxylation is 1. The summed E-state index contributed by atoms with van der Waals surface area (Å²) in [6.07, 6.45) is 1.50. The van der Waals surface area contributed by atoms with Crippen LogP contribution in [0.15, 0.2) is 53.6 Å². The zero-order valence-electron chi connectivity index (χ0n) is 11.3. The molecule has 6 heteroatoms. The number of hydrogen-bond donors (Lipinski definition) is 1. The van der Waals surface area contributed by atoms with Gasteiger partial charge in [0.15, 0.2) is 0 Å². The monoisotopic (exact) mass is 283 g/mol. The van der Waals surface area contributed by atoms with E-state index in [1.54, 1.807) is 6.07 Å². The Kier molecular flexibility index (Phi) is 4.40. The van der Waals surface area contributed by atoms with Gasteiger partial charge in [-0.15, -0.1) is 0 Å². The molecule has 0 heterocycles. The zero-order chi connectivity index (χ0) is 15.2. The van der Waals surface area contributed by atoms with Crippen LogP contribution in [-0.2, 0) is 0 Å². The third kappa shape index (κ3) is 3.50. The summed E-state index contributed by atoms with van der Waals surface area (Å²) < 4.78 is 0. The van der Waals surface area contributed by atoms with Gasteiger partial charge < -0.3 is 0 Å². The molecule has 106 valence electrons. The van der Waals surface area contributed by atoms with Crippen LogP contribution < -0.4 is 5.43 Å². The van der Waals surface area contributed by atoms with Crippen molar-refractivity contribution in [3.63, 3.8) is 0 Å². The third-order valence-electron chi connectivity index (χ3n) is 2.90. The van der Waals surface area contributed by atoms with Gasteiger partial charge in [0.25, 0.3) is 11.6 Å². The van der Waals surface area contributed by atoms with E-state index in [2.05, 4.69) is 10.5 Å². The van der Waals surface area contributed by atoms with Crippen molar-refractivity contribution in [1.82, 2.24) is 5.43 Å². The lowest BCUT2D eigenvalue weighted by Crippen LogP contribution is -2.19. The van der Waals surface area contributed by atoms with E-state index in [-0.39, 0.29) is 11.3 Å². The molecule has 0 bridgehead atoms. The normalized spacial score (nSPS) is 10.5. The van der Waals surface area contributed by atoms with E-state index in [4.69, 9.17) is 0 Å². The second kappa shape index (κ2) is 6.42. The Bertz CT molecular complexity index is 711. The first-order valence-electron chi connectivity index (χ1n) is 6.22. The van der Waals surface area contributed by atoms with E-state index in [1.165, 1.54) is 24.4 Å². The number of nitrogens with one attached hydrogen (secondary N) is 1. The van der Waals surface area contributed by atoms with Gasteiger partial charge in [0.2, 0.25) is 0 Å². The van der Waals surface area contributed by atoms with Gasteiger partial charge in [-0.2, -0.15) is 5.10 Å². The first kappa shape index (κ1) is 14.4. The van der Waals surface area contributed by atoms with Crippen molar-refractivity contribution in [2.45, 2.75) is 6.92 Å². The smallest absolute Gasteiger partial charge is 0.267 e. The summed E-state index contributed by atoms with van der Waals surface area (Å²) in [4.78, 5) is 22.2. The van der Waals surface area contributed by atoms with Crippen molar-refractivity contribution in [1.29, 1.82) is 0 Å². The summed E-state index contributed by atoms with van der Waals surface area (Å²) in [5.74, 6) is -0.618. The Morgan fingerprint density at radius 1 is 1.19 bits per heavy atom. The van der Waals surface area contributed by atoms with Crippen molar-refractivity contribution in [2.75, 3.05) is 0 Å². The molecule has 1 amide bonds. The van der Waals surface area contributed by atoms with Crippen LogP contribution in [0, 0.1) is 17.0 Å². The molecule has 0 aliphatic rings. The van der Waals surface area contributed by atoms with Crippen LogP contribution in [-0.4, -0.2) is 17.0 Å². The van der Waals surface area contributed by atoms with Gasteiger partial charge >= 0.3 is 0 Å². The van der Waals surface area contributed by atoms with Crippen molar-refractivity contribution >= 4 is 17.8 Å². The molecule has 2 aromatic carbocycles. The zero-order valence-corrected chi connectivity index (χ0v) is 11.3. The highest BCUT2D eigenvalue weighted by molar-refractivity contribution is 5.98. The van der Waals surface area contributed by atoms with E-state index in [1.807, 2.05) is 31.2 Å². The molecule has 0 saturated heterocycles. The van der Waals surface area contributed by atoms with Gasteiger partial charge in [-0.05, 0) is 24.1 Å². The maximum Gasteiger partial charge on any atom is 0.282 e. The molecule has 0 atom stereocenters. The van der Waals surface area contributed by atoms with Crippen LogP contribution in [0.1, 0.15) is 21.5 Å². The fraction of sp³-hybridized carbons (Fsp3) is 0.0667. The molecular formula is C15H13N3O3. The molecule has 0 radical (unpaired) electrons. The van der Waals surface area contributed by atoms with Crippen molar-refractivity contribution in [3.05, 3.63) is 75.3 Å². The molecule has 0 aliphatic carbocycles. The van der Waals surface area contributed by atoms with Crippen LogP contribution in [0.2, 0.25) is 0 Å². The Hall–Kier alpha value is -3.02. The number of benzene rings is 2. The quantitative estimate of drug-likeness (QED) is 0.532. The summed E-state index contributed by atoms with van der Waals surface area (Å²) in [5, 5.41) is 14.7. The number of nitro groups is 1. The predicted octanol–water partition coefficient (Wildman–Crippen LogP) is 2.67. The predicted molar refractivity (Wildman–Crippen MR) is 79.3 cm³/mol. The highest BCUT2D eigenvalue weighted by atomic mass is 16.6. The van der Waals surface area contributed by atoms with Gasteiger partial charge in [0.05, 0.1) is 11.1 Å². The number of para-hydroxylation sites is 1. The lowest BCUT2D eigenvalue weighted by atomic mass is 10.1. The SMILES string of the molecule is Cc1ccccc1C=NNC(=O)c1ccccc1[N+](=O)[O-]. The largest absolute Gasteiger partial charge is 0.282 e. The number of amides is 1. The van der Waals surface area contributed by atoms with Gasteiger partial charge in [-0.3, -0.25) is 14.9 Å². The summed E-state index contributed by atoms with van der Waals surface area (Å²) in [5.41, 5.74) is 3.90.